The molecule has 4 aromatic rings. The van der Waals surface area contributed by atoms with E-state index in [1.165, 1.54) is 0 Å². The number of benzene rings is 4. The first kappa shape index (κ1) is 29.5. The lowest BCUT2D eigenvalue weighted by molar-refractivity contribution is 0.0276. The second kappa shape index (κ2) is 12.1. The summed E-state index contributed by atoms with van der Waals surface area (Å²) < 4.78 is 12.2. The summed E-state index contributed by atoms with van der Waals surface area (Å²) in [7, 11) is 12.0. The molecule has 6 nitrogen and oxygen atoms in total. The molecule has 0 aromatic heterocycles. The van der Waals surface area contributed by atoms with Crippen LogP contribution < -0.4 is 19.4 Å². The summed E-state index contributed by atoms with van der Waals surface area (Å²) in [5.41, 5.74) is 7.12. The molecule has 0 N–H and O–H groups in total. The zero-order valence-corrected chi connectivity index (χ0v) is 25.8. The van der Waals surface area contributed by atoms with Crippen molar-refractivity contribution in [2.24, 2.45) is 0 Å². The van der Waals surface area contributed by atoms with Gasteiger partial charge in [-0.05, 0) is 71.3 Å². The second-order valence-corrected chi connectivity index (χ2v) is 11.3. The van der Waals surface area contributed by atoms with E-state index in [0.29, 0.717) is 12.2 Å². The fourth-order valence-electron chi connectivity index (χ4n) is 5.33. The number of carbonyl (C=O) groups excluding carboxylic acids is 1. The van der Waals surface area contributed by atoms with Crippen molar-refractivity contribution < 1.29 is 14.3 Å². The lowest BCUT2D eigenvalue weighted by Gasteiger charge is -2.29. The van der Waals surface area contributed by atoms with Gasteiger partial charge in [-0.2, -0.15) is 0 Å². The molecule has 0 bridgehead atoms. The van der Waals surface area contributed by atoms with Gasteiger partial charge in [0.05, 0.1) is 5.56 Å². The van der Waals surface area contributed by atoms with Crippen molar-refractivity contribution in [2.75, 3.05) is 63.6 Å². The predicted molar refractivity (Wildman–Crippen MR) is 178 cm³/mol. The van der Waals surface area contributed by atoms with E-state index in [1.54, 1.807) is 6.08 Å². The molecule has 4 aromatic carbocycles. The Morgan fingerprint density at radius 3 is 1.79 bits per heavy atom. The monoisotopic (exact) mass is 573 g/mol. The van der Waals surface area contributed by atoms with E-state index in [4.69, 9.17) is 9.47 Å². The lowest BCUT2D eigenvalue weighted by atomic mass is 9.81. The van der Waals surface area contributed by atoms with Crippen LogP contribution in [0.25, 0.3) is 5.57 Å². The van der Waals surface area contributed by atoms with Crippen LogP contribution in [0.15, 0.2) is 110 Å². The topological polar surface area (TPSA) is 45.3 Å². The Morgan fingerprint density at radius 1 is 0.744 bits per heavy atom. The van der Waals surface area contributed by atoms with Gasteiger partial charge in [-0.1, -0.05) is 55.1 Å². The zero-order chi connectivity index (χ0) is 30.7. The number of ether oxygens (including phenoxy) is 2. The minimum Gasteiger partial charge on any atom is -0.490 e. The van der Waals surface area contributed by atoms with E-state index < -0.39 is 5.60 Å². The standard InChI is InChI=1S/C37H39N3O3/c1-8-23-42-32-20-11-27(12-21-32)34(26-9-15-29(16-10-26)38(2)3)25-37(28-13-17-30(18-14-28)39(4)5)35-22-19-31(40(6)7)24-33(35)36(41)43-37/h8-22,24-25H,1,23H2,2-7H3. The fraction of sp³-hybridized carbons (Fsp3) is 0.216. The molecular formula is C37H39N3O3. The molecule has 0 spiro atoms. The van der Waals surface area contributed by atoms with Crippen molar-refractivity contribution >= 4 is 28.6 Å². The Bertz CT molecular complexity index is 1640. The van der Waals surface area contributed by atoms with Gasteiger partial charge in [0.2, 0.25) is 0 Å². The highest BCUT2D eigenvalue weighted by molar-refractivity contribution is 5.98. The van der Waals surface area contributed by atoms with E-state index in [0.717, 1.165) is 50.6 Å². The molecule has 0 saturated carbocycles. The fourth-order valence-corrected chi connectivity index (χ4v) is 5.33. The van der Waals surface area contributed by atoms with Crippen molar-refractivity contribution in [3.05, 3.63) is 138 Å². The number of carbonyl (C=O) groups is 1. The Labute approximate surface area is 255 Å². The molecule has 5 rings (SSSR count). The third kappa shape index (κ3) is 5.86. The molecule has 6 heteroatoms. The molecule has 1 aliphatic heterocycles. The summed E-state index contributed by atoms with van der Waals surface area (Å²) in [6.45, 7) is 4.18. The molecule has 0 amide bonds. The van der Waals surface area contributed by atoms with Gasteiger partial charge < -0.3 is 24.2 Å². The first-order valence-electron chi connectivity index (χ1n) is 14.3. The van der Waals surface area contributed by atoms with E-state index >= 15 is 0 Å². The van der Waals surface area contributed by atoms with Crippen LogP contribution in [0.5, 0.6) is 5.75 Å². The quantitative estimate of drug-likeness (QED) is 0.150. The summed E-state index contributed by atoms with van der Waals surface area (Å²) in [5, 5.41) is 0. The molecule has 1 unspecified atom stereocenters. The largest absolute Gasteiger partial charge is 0.490 e. The highest BCUT2D eigenvalue weighted by Gasteiger charge is 2.46. The van der Waals surface area contributed by atoms with Gasteiger partial charge in [0.25, 0.3) is 0 Å². The van der Waals surface area contributed by atoms with E-state index in [1.807, 2.05) is 102 Å². The summed E-state index contributed by atoms with van der Waals surface area (Å²) in [6, 6.07) is 30.6. The molecule has 0 radical (unpaired) electrons. The maximum Gasteiger partial charge on any atom is 0.340 e. The van der Waals surface area contributed by atoms with Gasteiger partial charge in [-0.25, -0.2) is 4.79 Å². The van der Waals surface area contributed by atoms with Crippen LogP contribution in [0.2, 0.25) is 0 Å². The highest BCUT2D eigenvalue weighted by atomic mass is 16.6. The SMILES string of the molecule is C=CCOc1ccc(C(=CC2(c3ccc(N(C)C)cc3)OC(=O)c3cc(N(C)C)ccc32)c2ccc(N(C)C)cc2)cc1. The van der Waals surface area contributed by atoms with Crippen molar-refractivity contribution in [3.8, 4) is 5.75 Å². The first-order chi connectivity index (χ1) is 20.6. The zero-order valence-electron chi connectivity index (χ0n) is 25.8. The number of hydrogen-bond acceptors (Lipinski definition) is 6. The van der Waals surface area contributed by atoms with Crippen LogP contribution in [-0.2, 0) is 10.3 Å². The average molecular weight is 574 g/mol. The maximum absolute atomic E-state index is 13.6. The van der Waals surface area contributed by atoms with Gasteiger partial charge >= 0.3 is 5.97 Å². The Balaban J connectivity index is 1.76. The van der Waals surface area contributed by atoms with Gasteiger partial charge in [0.15, 0.2) is 5.60 Å². The summed E-state index contributed by atoms with van der Waals surface area (Å²) in [5.74, 6) is 0.413. The molecule has 0 aliphatic carbocycles. The molecule has 220 valence electrons. The summed E-state index contributed by atoms with van der Waals surface area (Å²) in [4.78, 5) is 19.7. The minimum atomic E-state index is -1.14. The molecule has 0 fully saturated rings. The third-order valence-corrected chi connectivity index (χ3v) is 7.78. The molecule has 1 atom stereocenters. The molecule has 1 aliphatic rings. The predicted octanol–water partition coefficient (Wildman–Crippen LogP) is 7.00. The van der Waals surface area contributed by atoms with Gasteiger partial charge in [-0.15, -0.1) is 0 Å². The Kier molecular flexibility index (Phi) is 8.31. The molecule has 0 saturated heterocycles. The average Bonchev–Trinajstić information content (AvgIpc) is 3.30. The van der Waals surface area contributed by atoms with Crippen LogP contribution in [0.4, 0.5) is 17.1 Å². The van der Waals surface area contributed by atoms with Crippen molar-refractivity contribution in [1.82, 2.24) is 0 Å². The number of cyclic esters (lactones) is 1. The lowest BCUT2D eigenvalue weighted by Crippen LogP contribution is -2.26. The van der Waals surface area contributed by atoms with Crippen LogP contribution in [0.3, 0.4) is 0 Å². The molecular weight excluding hydrogens is 534 g/mol. The van der Waals surface area contributed by atoms with Crippen LogP contribution in [0.1, 0.15) is 32.6 Å². The van der Waals surface area contributed by atoms with Gasteiger partial charge in [0, 0.05) is 70.5 Å². The van der Waals surface area contributed by atoms with E-state index in [2.05, 4.69) is 58.9 Å². The summed E-state index contributed by atoms with van der Waals surface area (Å²) >= 11 is 0. The van der Waals surface area contributed by atoms with Crippen LogP contribution >= 0.6 is 0 Å². The van der Waals surface area contributed by atoms with E-state index in [9.17, 15) is 4.79 Å². The second-order valence-electron chi connectivity index (χ2n) is 11.3. The minimum absolute atomic E-state index is 0.345. The third-order valence-electron chi connectivity index (χ3n) is 7.78. The number of anilines is 3. The number of esters is 1. The number of nitrogens with zero attached hydrogens (tertiary/aromatic N) is 3. The molecule has 1 heterocycles. The Hall–Kier alpha value is -4.97. The number of rotatable bonds is 10. The summed E-state index contributed by atoms with van der Waals surface area (Å²) in [6.07, 6.45) is 3.82. The first-order valence-corrected chi connectivity index (χ1v) is 14.3. The highest BCUT2D eigenvalue weighted by Crippen LogP contribution is 2.47. The smallest absolute Gasteiger partial charge is 0.340 e. The van der Waals surface area contributed by atoms with E-state index in [-0.39, 0.29) is 5.97 Å². The normalized spacial score (nSPS) is 15.9. The number of hydrogen-bond donors (Lipinski definition) is 0. The van der Waals surface area contributed by atoms with Crippen LogP contribution in [0, 0.1) is 0 Å². The van der Waals surface area contributed by atoms with Crippen LogP contribution in [-0.4, -0.2) is 54.9 Å². The molecule has 43 heavy (non-hydrogen) atoms. The number of fused-ring (bicyclic) bond motifs is 1. The van der Waals surface area contributed by atoms with Crippen molar-refractivity contribution in [3.63, 3.8) is 0 Å². The van der Waals surface area contributed by atoms with Crippen molar-refractivity contribution in [2.45, 2.75) is 5.60 Å². The van der Waals surface area contributed by atoms with Crippen molar-refractivity contribution in [1.29, 1.82) is 0 Å². The van der Waals surface area contributed by atoms with Gasteiger partial charge in [-0.3, -0.25) is 0 Å². The Morgan fingerprint density at radius 2 is 1.26 bits per heavy atom. The maximum atomic E-state index is 13.6. The van der Waals surface area contributed by atoms with Gasteiger partial charge in [0.1, 0.15) is 12.4 Å².